The molecule has 0 atom stereocenters. The maximum absolute atomic E-state index is 12.1. The van der Waals surface area contributed by atoms with Crippen LogP contribution in [-0.2, 0) is 11.3 Å². The van der Waals surface area contributed by atoms with Crippen LogP contribution in [0.5, 0.6) is 0 Å². The van der Waals surface area contributed by atoms with Crippen LogP contribution in [0.1, 0.15) is 37.8 Å². The Balaban J connectivity index is 2.66. The van der Waals surface area contributed by atoms with Crippen molar-refractivity contribution < 1.29 is 4.79 Å². The van der Waals surface area contributed by atoms with E-state index in [-0.39, 0.29) is 5.91 Å². The van der Waals surface area contributed by atoms with Gasteiger partial charge in [-0.1, -0.05) is 43.7 Å². The van der Waals surface area contributed by atoms with Crippen LogP contribution in [0.4, 0.5) is 0 Å². The molecule has 0 saturated heterocycles. The molecule has 0 saturated carbocycles. The van der Waals surface area contributed by atoms with Gasteiger partial charge in [0.25, 0.3) is 0 Å². The maximum atomic E-state index is 12.1. The summed E-state index contributed by atoms with van der Waals surface area (Å²) in [4.78, 5) is 12.1. The third-order valence-electron chi connectivity index (χ3n) is 3.43. The summed E-state index contributed by atoms with van der Waals surface area (Å²) in [7, 11) is 0. The maximum Gasteiger partial charge on any atom is 0.240 e. The number of carbonyl (C=O) groups excluding carboxylic acids is 1. The SMILES string of the molecule is CCC(C#N)(CC)C(=O)NCc1ccc(C)cc1. The first kappa shape index (κ1) is 14.2. The quantitative estimate of drug-likeness (QED) is 0.865. The zero-order valence-corrected chi connectivity index (χ0v) is 11.3. The van der Waals surface area contributed by atoms with E-state index < -0.39 is 5.41 Å². The van der Waals surface area contributed by atoms with E-state index in [1.807, 2.05) is 45.0 Å². The molecule has 0 aliphatic heterocycles. The summed E-state index contributed by atoms with van der Waals surface area (Å²) in [6.45, 7) is 6.25. The Morgan fingerprint density at radius 3 is 2.28 bits per heavy atom. The molecule has 0 aromatic heterocycles. The van der Waals surface area contributed by atoms with Crippen molar-refractivity contribution in [2.24, 2.45) is 5.41 Å². The molecule has 0 aliphatic carbocycles. The van der Waals surface area contributed by atoms with E-state index in [1.165, 1.54) is 5.56 Å². The molecule has 0 spiro atoms. The van der Waals surface area contributed by atoms with Crippen LogP contribution in [0.15, 0.2) is 24.3 Å². The lowest BCUT2D eigenvalue weighted by Crippen LogP contribution is -2.38. The second-order valence-corrected chi connectivity index (χ2v) is 4.57. The first-order chi connectivity index (χ1) is 8.57. The molecular weight excluding hydrogens is 224 g/mol. The summed E-state index contributed by atoms with van der Waals surface area (Å²) in [5, 5.41) is 12.0. The molecule has 0 radical (unpaired) electrons. The molecule has 1 N–H and O–H groups in total. The van der Waals surface area contributed by atoms with Gasteiger partial charge >= 0.3 is 0 Å². The molecule has 1 rings (SSSR count). The first-order valence-corrected chi connectivity index (χ1v) is 6.33. The van der Waals surface area contributed by atoms with Crippen molar-refractivity contribution in [3.63, 3.8) is 0 Å². The van der Waals surface area contributed by atoms with Gasteiger partial charge in [-0.2, -0.15) is 5.26 Å². The van der Waals surface area contributed by atoms with Crippen LogP contribution in [0, 0.1) is 23.7 Å². The molecule has 0 fully saturated rings. The average molecular weight is 244 g/mol. The monoisotopic (exact) mass is 244 g/mol. The minimum atomic E-state index is -0.884. The topological polar surface area (TPSA) is 52.9 Å². The van der Waals surface area contributed by atoms with Gasteiger partial charge in [0.2, 0.25) is 5.91 Å². The molecule has 3 heteroatoms. The van der Waals surface area contributed by atoms with Gasteiger partial charge < -0.3 is 5.32 Å². The summed E-state index contributed by atoms with van der Waals surface area (Å²) in [5.41, 5.74) is 1.36. The van der Waals surface area contributed by atoms with E-state index in [1.54, 1.807) is 0 Å². The highest BCUT2D eigenvalue weighted by Gasteiger charge is 2.34. The molecule has 0 bridgehead atoms. The van der Waals surface area contributed by atoms with Crippen molar-refractivity contribution in [2.45, 2.75) is 40.2 Å². The summed E-state index contributed by atoms with van der Waals surface area (Å²) in [6.07, 6.45) is 1.08. The zero-order valence-electron chi connectivity index (χ0n) is 11.3. The molecule has 0 unspecified atom stereocenters. The smallest absolute Gasteiger partial charge is 0.240 e. The number of rotatable bonds is 5. The Hall–Kier alpha value is -1.82. The number of carbonyl (C=O) groups is 1. The second-order valence-electron chi connectivity index (χ2n) is 4.57. The normalized spacial score (nSPS) is 10.8. The van der Waals surface area contributed by atoms with E-state index in [0.717, 1.165) is 5.56 Å². The van der Waals surface area contributed by atoms with Crippen molar-refractivity contribution in [1.29, 1.82) is 5.26 Å². The Bertz CT molecular complexity index is 439. The molecule has 1 aromatic carbocycles. The van der Waals surface area contributed by atoms with Crippen molar-refractivity contribution in [1.82, 2.24) is 5.32 Å². The lowest BCUT2D eigenvalue weighted by Gasteiger charge is -2.22. The summed E-state index contributed by atoms with van der Waals surface area (Å²) in [6, 6.07) is 10.1. The molecule has 3 nitrogen and oxygen atoms in total. The number of nitrogens with zero attached hydrogens (tertiary/aromatic N) is 1. The summed E-state index contributed by atoms with van der Waals surface area (Å²) < 4.78 is 0. The second kappa shape index (κ2) is 6.20. The van der Waals surface area contributed by atoms with Crippen LogP contribution in [0.3, 0.4) is 0 Å². The number of amides is 1. The van der Waals surface area contributed by atoms with E-state index >= 15 is 0 Å². The molecule has 1 aromatic rings. The zero-order chi connectivity index (χ0) is 13.6. The van der Waals surface area contributed by atoms with Gasteiger partial charge in [-0.3, -0.25) is 4.79 Å². The van der Waals surface area contributed by atoms with E-state index in [4.69, 9.17) is 5.26 Å². The summed E-state index contributed by atoms with van der Waals surface area (Å²) >= 11 is 0. The molecule has 1 amide bonds. The van der Waals surface area contributed by atoms with Gasteiger partial charge in [0.15, 0.2) is 0 Å². The average Bonchev–Trinajstić information content (AvgIpc) is 2.41. The van der Waals surface area contributed by atoms with Crippen molar-refractivity contribution in [3.8, 4) is 6.07 Å². The van der Waals surface area contributed by atoms with Crippen molar-refractivity contribution in [2.75, 3.05) is 0 Å². The fourth-order valence-electron chi connectivity index (χ4n) is 1.84. The van der Waals surface area contributed by atoms with Crippen LogP contribution >= 0.6 is 0 Å². The number of aryl methyl sites for hydroxylation is 1. The van der Waals surface area contributed by atoms with Gasteiger partial charge in [0.1, 0.15) is 5.41 Å². The molecule has 96 valence electrons. The fourth-order valence-corrected chi connectivity index (χ4v) is 1.84. The van der Waals surface area contributed by atoms with Crippen molar-refractivity contribution in [3.05, 3.63) is 35.4 Å². The van der Waals surface area contributed by atoms with Crippen LogP contribution in [0.2, 0.25) is 0 Å². The van der Waals surface area contributed by atoms with Crippen LogP contribution < -0.4 is 5.32 Å². The minimum Gasteiger partial charge on any atom is -0.351 e. The van der Waals surface area contributed by atoms with Crippen LogP contribution in [0.25, 0.3) is 0 Å². The molecule has 0 heterocycles. The summed E-state index contributed by atoms with van der Waals surface area (Å²) in [5.74, 6) is -0.171. The predicted molar refractivity (Wildman–Crippen MR) is 71.7 cm³/mol. The number of benzene rings is 1. The predicted octanol–water partition coefficient (Wildman–Crippen LogP) is 2.94. The molecule has 18 heavy (non-hydrogen) atoms. The Kier molecular flexibility index (Phi) is 4.91. The highest BCUT2D eigenvalue weighted by Crippen LogP contribution is 2.25. The first-order valence-electron chi connectivity index (χ1n) is 6.33. The third kappa shape index (κ3) is 3.10. The number of nitrogens with one attached hydrogen (secondary N) is 1. The molecular formula is C15H20N2O. The highest BCUT2D eigenvalue weighted by atomic mass is 16.2. The van der Waals surface area contributed by atoms with Gasteiger partial charge in [-0.15, -0.1) is 0 Å². The van der Waals surface area contributed by atoms with Gasteiger partial charge in [-0.25, -0.2) is 0 Å². The Morgan fingerprint density at radius 2 is 1.83 bits per heavy atom. The van der Waals surface area contributed by atoms with Gasteiger partial charge in [0, 0.05) is 6.54 Å². The lowest BCUT2D eigenvalue weighted by molar-refractivity contribution is -0.128. The third-order valence-corrected chi connectivity index (χ3v) is 3.43. The van der Waals surface area contributed by atoms with E-state index in [2.05, 4.69) is 11.4 Å². The number of hydrogen-bond donors (Lipinski definition) is 1. The fraction of sp³-hybridized carbons (Fsp3) is 0.467. The van der Waals surface area contributed by atoms with Gasteiger partial charge in [-0.05, 0) is 25.3 Å². The number of nitriles is 1. The van der Waals surface area contributed by atoms with Crippen molar-refractivity contribution >= 4 is 5.91 Å². The largest absolute Gasteiger partial charge is 0.351 e. The lowest BCUT2D eigenvalue weighted by atomic mass is 9.83. The van der Waals surface area contributed by atoms with Crippen LogP contribution in [-0.4, -0.2) is 5.91 Å². The Labute approximate surface area is 109 Å². The number of hydrogen-bond acceptors (Lipinski definition) is 2. The van der Waals surface area contributed by atoms with E-state index in [9.17, 15) is 4.79 Å². The van der Waals surface area contributed by atoms with Gasteiger partial charge in [0.05, 0.1) is 6.07 Å². The standard InChI is InChI=1S/C15H20N2O/c1-4-15(5-2,11-16)14(18)17-10-13-8-6-12(3)7-9-13/h6-9H,4-5,10H2,1-3H3,(H,17,18). The Morgan fingerprint density at radius 1 is 1.28 bits per heavy atom. The van der Waals surface area contributed by atoms with E-state index in [0.29, 0.717) is 19.4 Å². The minimum absolute atomic E-state index is 0.171. The molecule has 0 aliphatic rings. The highest BCUT2D eigenvalue weighted by molar-refractivity contribution is 5.85.